The fourth-order valence-corrected chi connectivity index (χ4v) is 1.90. The van der Waals surface area contributed by atoms with Crippen molar-refractivity contribution >= 4 is 22.8 Å². The van der Waals surface area contributed by atoms with Gasteiger partial charge in [-0.25, -0.2) is 5.84 Å². The third kappa shape index (κ3) is 2.91. The van der Waals surface area contributed by atoms with Crippen LogP contribution in [0.15, 0.2) is 6.20 Å². The number of nitrogens with two attached hydrogens (primary N) is 1. The maximum Gasteiger partial charge on any atom is 0.241 e. The highest BCUT2D eigenvalue weighted by Crippen LogP contribution is 2.22. The van der Waals surface area contributed by atoms with E-state index >= 15 is 0 Å². The van der Waals surface area contributed by atoms with E-state index in [-0.39, 0.29) is 12.6 Å². The van der Waals surface area contributed by atoms with Crippen LogP contribution < -0.4 is 16.6 Å². The largest absolute Gasteiger partial charge is 0.396 e. The van der Waals surface area contributed by atoms with Crippen molar-refractivity contribution < 1.29 is 5.11 Å². The number of nitrogens with zero attached hydrogens (tertiary/aromatic N) is 3. The fraction of sp³-hybridized carbons (Fsp3) is 0.545. The Morgan fingerprint density at radius 3 is 2.84 bits per heavy atom. The standard InChI is InChI=1S/C11H19N7O/c1-6(2)8(3-4-19)14-9-7-5-13-18-10(7)16-11(15-9)17-12/h5-6,8,19H,3-4,12H2,1-2H3,(H3,13,14,15,16,17,18). The predicted octanol–water partition coefficient (Wildman–Crippen LogP) is 0.457. The van der Waals surface area contributed by atoms with Gasteiger partial charge in [-0.05, 0) is 12.3 Å². The number of hydrogen-bond donors (Lipinski definition) is 5. The molecule has 0 aliphatic carbocycles. The first-order chi connectivity index (χ1) is 9.15. The monoisotopic (exact) mass is 265 g/mol. The molecule has 0 spiro atoms. The molecule has 0 fully saturated rings. The zero-order valence-corrected chi connectivity index (χ0v) is 11.0. The molecular formula is C11H19N7O. The van der Waals surface area contributed by atoms with E-state index in [1.807, 2.05) is 0 Å². The summed E-state index contributed by atoms with van der Waals surface area (Å²) in [5, 5.41) is 20.0. The summed E-state index contributed by atoms with van der Waals surface area (Å²) >= 11 is 0. The van der Waals surface area contributed by atoms with Crippen LogP contribution in [0.25, 0.3) is 11.0 Å². The van der Waals surface area contributed by atoms with E-state index in [0.29, 0.717) is 29.8 Å². The number of rotatable bonds is 6. The first-order valence-electron chi connectivity index (χ1n) is 6.20. The van der Waals surface area contributed by atoms with Crippen molar-refractivity contribution in [1.82, 2.24) is 20.2 Å². The fourth-order valence-electron chi connectivity index (χ4n) is 1.90. The van der Waals surface area contributed by atoms with E-state index in [1.165, 1.54) is 0 Å². The molecule has 2 heterocycles. The van der Waals surface area contributed by atoms with Gasteiger partial charge < -0.3 is 10.4 Å². The number of anilines is 2. The first kappa shape index (κ1) is 13.5. The maximum atomic E-state index is 9.11. The second kappa shape index (κ2) is 5.81. The molecule has 0 aliphatic heterocycles. The summed E-state index contributed by atoms with van der Waals surface area (Å²) in [4.78, 5) is 8.45. The number of hydrogen-bond acceptors (Lipinski definition) is 7. The minimum absolute atomic E-state index is 0.114. The molecule has 0 saturated carbocycles. The van der Waals surface area contributed by atoms with Gasteiger partial charge in [0.05, 0.1) is 11.6 Å². The molecule has 104 valence electrons. The lowest BCUT2D eigenvalue weighted by atomic mass is 10.0. The topological polar surface area (TPSA) is 125 Å². The average molecular weight is 265 g/mol. The van der Waals surface area contributed by atoms with E-state index in [2.05, 4.69) is 44.8 Å². The molecule has 8 nitrogen and oxygen atoms in total. The number of aliphatic hydroxyl groups is 1. The number of nitrogens with one attached hydrogen (secondary N) is 3. The molecule has 2 aromatic rings. The van der Waals surface area contributed by atoms with Crippen LogP contribution in [0.2, 0.25) is 0 Å². The van der Waals surface area contributed by atoms with Crippen LogP contribution in [0.4, 0.5) is 11.8 Å². The van der Waals surface area contributed by atoms with Gasteiger partial charge in [0.25, 0.3) is 0 Å². The van der Waals surface area contributed by atoms with Crippen molar-refractivity contribution in [3.63, 3.8) is 0 Å². The normalized spacial score (nSPS) is 12.9. The third-order valence-electron chi connectivity index (χ3n) is 3.01. The van der Waals surface area contributed by atoms with Gasteiger partial charge in [-0.15, -0.1) is 0 Å². The molecule has 0 aliphatic rings. The SMILES string of the molecule is CC(C)C(CCO)Nc1nc(NN)nc2[nH]ncc12. The first-order valence-corrected chi connectivity index (χ1v) is 6.20. The second-order valence-electron chi connectivity index (χ2n) is 4.68. The summed E-state index contributed by atoms with van der Waals surface area (Å²) in [7, 11) is 0. The average Bonchev–Trinajstić information content (AvgIpc) is 2.86. The van der Waals surface area contributed by atoms with Crippen molar-refractivity contribution in [3.8, 4) is 0 Å². The van der Waals surface area contributed by atoms with Gasteiger partial charge in [0.1, 0.15) is 5.82 Å². The zero-order chi connectivity index (χ0) is 13.8. The number of aromatic nitrogens is 4. The van der Waals surface area contributed by atoms with Gasteiger partial charge in [0.15, 0.2) is 5.65 Å². The summed E-state index contributed by atoms with van der Waals surface area (Å²) in [6.45, 7) is 4.30. The van der Waals surface area contributed by atoms with Gasteiger partial charge >= 0.3 is 0 Å². The summed E-state index contributed by atoms with van der Waals surface area (Å²) in [5.41, 5.74) is 3.03. The van der Waals surface area contributed by atoms with E-state index in [1.54, 1.807) is 6.20 Å². The van der Waals surface area contributed by atoms with Gasteiger partial charge in [-0.3, -0.25) is 10.5 Å². The molecular weight excluding hydrogens is 246 g/mol. The minimum atomic E-state index is 0.114. The molecule has 6 N–H and O–H groups in total. The Hall–Kier alpha value is -1.93. The molecule has 0 radical (unpaired) electrons. The Morgan fingerprint density at radius 2 is 2.21 bits per heavy atom. The molecule has 0 saturated heterocycles. The van der Waals surface area contributed by atoms with Crippen molar-refractivity contribution in [2.45, 2.75) is 26.3 Å². The van der Waals surface area contributed by atoms with Crippen LogP contribution in [0.5, 0.6) is 0 Å². The van der Waals surface area contributed by atoms with Crippen LogP contribution in [0.1, 0.15) is 20.3 Å². The zero-order valence-electron chi connectivity index (χ0n) is 11.0. The number of fused-ring (bicyclic) bond motifs is 1. The summed E-state index contributed by atoms with van der Waals surface area (Å²) < 4.78 is 0. The van der Waals surface area contributed by atoms with Crippen LogP contribution in [-0.4, -0.2) is 37.9 Å². The highest BCUT2D eigenvalue weighted by molar-refractivity contribution is 5.87. The Morgan fingerprint density at radius 1 is 1.42 bits per heavy atom. The van der Waals surface area contributed by atoms with E-state index < -0.39 is 0 Å². The van der Waals surface area contributed by atoms with Gasteiger partial charge in [0.2, 0.25) is 5.95 Å². The number of hydrazine groups is 1. The highest BCUT2D eigenvalue weighted by Gasteiger charge is 2.16. The Kier molecular flexibility index (Phi) is 4.13. The third-order valence-corrected chi connectivity index (χ3v) is 3.01. The molecule has 8 heteroatoms. The van der Waals surface area contributed by atoms with E-state index in [9.17, 15) is 0 Å². The lowest BCUT2D eigenvalue weighted by molar-refractivity contribution is 0.267. The van der Waals surface area contributed by atoms with Crippen LogP contribution in [-0.2, 0) is 0 Å². The molecule has 2 aromatic heterocycles. The summed E-state index contributed by atoms with van der Waals surface area (Å²) in [5.74, 6) is 6.67. The summed E-state index contributed by atoms with van der Waals surface area (Å²) in [6, 6.07) is 0.114. The smallest absolute Gasteiger partial charge is 0.241 e. The van der Waals surface area contributed by atoms with Crippen LogP contribution >= 0.6 is 0 Å². The van der Waals surface area contributed by atoms with Gasteiger partial charge in [-0.1, -0.05) is 13.8 Å². The van der Waals surface area contributed by atoms with Gasteiger partial charge in [0, 0.05) is 12.6 Å². The van der Waals surface area contributed by atoms with Crippen molar-refractivity contribution in [2.75, 3.05) is 17.3 Å². The molecule has 19 heavy (non-hydrogen) atoms. The van der Waals surface area contributed by atoms with Crippen LogP contribution in [0.3, 0.4) is 0 Å². The van der Waals surface area contributed by atoms with Crippen molar-refractivity contribution in [3.05, 3.63) is 6.20 Å². The molecule has 1 atom stereocenters. The molecule has 0 bridgehead atoms. The molecule has 0 amide bonds. The van der Waals surface area contributed by atoms with E-state index in [0.717, 1.165) is 5.39 Å². The molecule has 0 aromatic carbocycles. The van der Waals surface area contributed by atoms with E-state index in [4.69, 9.17) is 10.9 Å². The Balaban J connectivity index is 2.34. The van der Waals surface area contributed by atoms with Gasteiger partial charge in [-0.2, -0.15) is 15.1 Å². The van der Waals surface area contributed by atoms with Crippen LogP contribution in [0, 0.1) is 5.92 Å². The number of nitrogen functional groups attached to an aromatic ring is 1. The Bertz CT molecular complexity index is 539. The summed E-state index contributed by atoms with van der Waals surface area (Å²) in [6.07, 6.45) is 2.31. The lowest BCUT2D eigenvalue weighted by Gasteiger charge is -2.22. The molecule has 2 rings (SSSR count). The highest BCUT2D eigenvalue weighted by atomic mass is 16.3. The second-order valence-corrected chi connectivity index (χ2v) is 4.68. The van der Waals surface area contributed by atoms with Crippen molar-refractivity contribution in [2.24, 2.45) is 11.8 Å². The van der Waals surface area contributed by atoms with Crippen molar-refractivity contribution in [1.29, 1.82) is 0 Å². The maximum absolute atomic E-state index is 9.11. The lowest BCUT2D eigenvalue weighted by Crippen LogP contribution is -2.27. The quantitative estimate of drug-likeness (QED) is 0.379. The molecule has 1 unspecified atom stereocenters. The minimum Gasteiger partial charge on any atom is -0.396 e. The number of aromatic amines is 1. The predicted molar refractivity (Wildman–Crippen MR) is 73.4 cm³/mol. The number of aliphatic hydroxyl groups excluding tert-OH is 1. The number of H-pyrrole nitrogens is 1. The Labute approximate surface area is 110 Å².